The number of hydrogen-bond donors (Lipinski definition) is 1. The quantitative estimate of drug-likeness (QED) is 0.445. The average molecular weight is 545 g/mol. The number of aryl methyl sites for hydroxylation is 1. The van der Waals surface area contributed by atoms with Gasteiger partial charge in [0.2, 0.25) is 5.91 Å². The SMILES string of the molecule is CN(C)Cc1cc(NC(=O)CCc2cc(Br)ccc2OCC(F)F)ccc1S(=O)(=O)C1CC1. The van der Waals surface area contributed by atoms with E-state index in [4.69, 9.17) is 4.74 Å². The monoisotopic (exact) mass is 544 g/mol. The molecule has 1 amide bonds. The normalized spacial score (nSPS) is 14.0. The minimum Gasteiger partial charge on any atom is -0.487 e. The van der Waals surface area contributed by atoms with Gasteiger partial charge < -0.3 is 15.0 Å². The number of carbonyl (C=O) groups excluding carboxylic acids is 1. The van der Waals surface area contributed by atoms with Crippen LogP contribution in [0.15, 0.2) is 45.8 Å². The van der Waals surface area contributed by atoms with Crippen LogP contribution in [-0.2, 0) is 27.6 Å². The van der Waals surface area contributed by atoms with Crippen molar-refractivity contribution in [2.24, 2.45) is 0 Å². The second kappa shape index (κ2) is 10.9. The molecular formula is C23H27BrF2N2O4S. The molecule has 180 valence electrons. The van der Waals surface area contributed by atoms with E-state index in [-0.39, 0.29) is 17.6 Å². The van der Waals surface area contributed by atoms with Crippen LogP contribution in [0.1, 0.15) is 30.4 Å². The molecular weight excluding hydrogens is 518 g/mol. The molecule has 0 spiro atoms. The van der Waals surface area contributed by atoms with Gasteiger partial charge in [0, 0.05) is 23.1 Å². The number of carbonyl (C=O) groups is 1. The molecule has 10 heteroatoms. The van der Waals surface area contributed by atoms with Crippen molar-refractivity contribution >= 4 is 37.4 Å². The van der Waals surface area contributed by atoms with Crippen molar-refractivity contribution in [3.05, 3.63) is 52.0 Å². The number of benzene rings is 2. The van der Waals surface area contributed by atoms with Gasteiger partial charge in [-0.2, -0.15) is 0 Å². The molecule has 1 N–H and O–H groups in total. The van der Waals surface area contributed by atoms with Crippen LogP contribution in [0, 0.1) is 0 Å². The van der Waals surface area contributed by atoms with Crippen LogP contribution in [0.4, 0.5) is 14.5 Å². The van der Waals surface area contributed by atoms with Crippen LogP contribution in [0.5, 0.6) is 5.75 Å². The lowest BCUT2D eigenvalue weighted by molar-refractivity contribution is -0.116. The van der Waals surface area contributed by atoms with Gasteiger partial charge in [0.25, 0.3) is 6.43 Å². The summed E-state index contributed by atoms with van der Waals surface area (Å²) in [4.78, 5) is 14.8. The maximum absolute atomic E-state index is 12.8. The lowest BCUT2D eigenvalue weighted by atomic mass is 10.1. The lowest BCUT2D eigenvalue weighted by Gasteiger charge is -2.16. The molecule has 6 nitrogen and oxygen atoms in total. The van der Waals surface area contributed by atoms with E-state index in [0.717, 1.165) is 4.47 Å². The predicted molar refractivity (Wildman–Crippen MR) is 127 cm³/mol. The first kappa shape index (κ1) is 25.6. The summed E-state index contributed by atoms with van der Waals surface area (Å²) in [6.07, 6.45) is -0.829. The minimum absolute atomic E-state index is 0.104. The lowest BCUT2D eigenvalue weighted by Crippen LogP contribution is -2.18. The zero-order chi connectivity index (χ0) is 24.2. The maximum Gasteiger partial charge on any atom is 0.272 e. The highest BCUT2D eigenvalue weighted by molar-refractivity contribution is 9.10. The Bertz CT molecular complexity index is 1110. The maximum atomic E-state index is 12.8. The number of hydrogen-bond acceptors (Lipinski definition) is 5. The zero-order valence-corrected chi connectivity index (χ0v) is 20.9. The Hall–Kier alpha value is -2.04. The third-order valence-corrected chi connectivity index (χ3v) is 7.96. The molecule has 0 aromatic heterocycles. The first-order chi connectivity index (χ1) is 15.6. The van der Waals surface area contributed by atoms with Crippen molar-refractivity contribution in [2.45, 2.75) is 48.8 Å². The van der Waals surface area contributed by atoms with E-state index >= 15 is 0 Å². The number of halogens is 3. The molecule has 2 aromatic carbocycles. The summed E-state index contributed by atoms with van der Waals surface area (Å²) >= 11 is 3.34. The highest BCUT2D eigenvalue weighted by Crippen LogP contribution is 2.36. The fraction of sp³-hybridized carbons (Fsp3) is 0.435. The van der Waals surface area contributed by atoms with Gasteiger partial charge in [0.1, 0.15) is 12.4 Å². The van der Waals surface area contributed by atoms with Gasteiger partial charge in [0.05, 0.1) is 10.1 Å². The number of alkyl halides is 2. The topological polar surface area (TPSA) is 75.7 Å². The zero-order valence-electron chi connectivity index (χ0n) is 18.5. The highest BCUT2D eigenvalue weighted by Gasteiger charge is 2.38. The van der Waals surface area contributed by atoms with Crippen molar-refractivity contribution in [2.75, 3.05) is 26.0 Å². The first-order valence-electron chi connectivity index (χ1n) is 10.6. The molecule has 1 aliphatic carbocycles. The van der Waals surface area contributed by atoms with Gasteiger partial charge in [-0.1, -0.05) is 15.9 Å². The van der Waals surface area contributed by atoms with Crippen molar-refractivity contribution in [1.82, 2.24) is 4.90 Å². The number of sulfone groups is 1. The Morgan fingerprint density at radius 3 is 2.55 bits per heavy atom. The van der Waals surface area contributed by atoms with Crippen molar-refractivity contribution < 1.29 is 26.7 Å². The van der Waals surface area contributed by atoms with E-state index in [2.05, 4.69) is 21.2 Å². The molecule has 0 unspecified atom stereocenters. The van der Waals surface area contributed by atoms with E-state index in [9.17, 15) is 22.0 Å². The van der Waals surface area contributed by atoms with Crippen molar-refractivity contribution in [1.29, 1.82) is 0 Å². The van der Waals surface area contributed by atoms with Gasteiger partial charge in [-0.15, -0.1) is 0 Å². The molecule has 0 bridgehead atoms. The fourth-order valence-electron chi connectivity index (χ4n) is 3.47. The van der Waals surface area contributed by atoms with E-state index in [0.29, 0.717) is 53.3 Å². The summed E-state index contributed by atoms with van der Waals surface area (Å²) in [6.45, 7) is -0.292. The molecule has 0 heterocycles. The van der Waals surface area contributed by atoms with Gasteiger partial charge in [-0.05, 0) is 80.9 Å². The Morgan fingerprint density at radius 1 is 1.18 bits per heavy atom. The Morgan fingerprint density at radius 2 is 1.91 bits per heavy atom. The Balaban J connectivity index is 1.70. The second-order valence-corrected chi connectivity index (χ2v) is 11.4. The molecule has 3 rings (SSSR count). The van der Waals surface area contributed by atoms with Crippen molar-refractivity contribution in [3.63, 3.8) is 0 Å². The molecule has 0 radical (unpaired) electrons. The van der Waals surface area contributed by atoms with Gasteiger partial charge in [-0.3, -0.25) is 4.79 Å². The van der Waals surface area contributed by atoms with E-state index in [1.165, 1.54) is 0 Å². The summed E-state index contributed by atoms with van der Waals surface area (Å²) < 4.78 is 56.5. The molecule has 1 saturated carbocycles. The number of rotatable bonds is 11. The molecule has 2 aromatic rings. The summed E-state index contributed by atoms with van der Waals surface area (Å²) in [6, 6.07) is 9.87. The van der Waals surface area contributed by atoms with Gasteiger partial charge >= 0.3 is 0 Å². The smallest absolute Gasteiger partial charge is 0.272 e. The minimum atomic E-state index is -3.37. The summed E-state index contributed by atoms with van der Waals surface area (Å²) in [5.41, 5.74) is 1.79. The third kappa shape index (κ3) is 7.22. The number of anilines is 1. The van der Waals surface area contributed by atoms with Crippen LogP contribution in [-0.4, -0.2) is 51.6 Å². The van der Waals surface area contributed by atoms with Crippen LogP contribution in [0.2, 0.25) is 0 Å². The van der Waals surface area contributed by atoms with Gasteiger partial charge in [0.15, 0.2) is 9.84 Å². The fourth-order valence-corrected chi connectivity index (χ4v) is 5.74. The summed E-state index contributed by atoms with van der Waals surface area (Å²) in [7, 11) is 0.338. The largest absolute Gasteiger partial charge is 0.487 e. The van der Waals surface area contributed by atoms with Crippen LogP contribution in [0.3, 0.4) is 0 Å². The number of nitrogens with one attached hydrogen (secondary N) is 1. The second-order valence-electron chi connectivity index (χ2n) is 8.31. The third-order valence-electron chi connectivity index (χ3n) is 5.11. The predicted octanol–water partition coefficient (Wildman–Crippen LogP) is 4.66. The molecule has 1 fully saturated rings. The van der Waals surface area contributed by atoms with Crippen molar-refractivity contribution in [3.8, 4) is 5.75 Å². The number of ether oxygens (including phenoxy) is 1. The number of nitrogens with zero attached hydrogens (tertiary/aromatic N) is 1. The Kier molecular flexibility index (Phi) is 8.47. The molecule has 0 atom stereocenters. The van der Waals surface area contributed by atoms with E-state index < -0.39 is 22.9 Å². The standard InChI is InChI=1S/C23H27BrF2N2O4S/c1-28(2)13-16-12-18(5-9-21(16)33(30,31)19-6-7-19)27-23(29)10-3-15-11-17(24)4-8-20(15)32-14-22(25)26/h4-5,8-9,11-12,19,22H,3,6-7,10,13-14H2,1-2H3,(H,27,29). The van der Waals surface area contributed by atoms with E-state index in [1.54, 1.807) is 36.4 Å². The molecule has 0 saturated heterocycles. The van der Waals surface area contributed by atoms with Crippen LogP contribution < -0.4 is 10.1 Å². The average Bonchev–Trinajstić information content (AvgIpc) is 3.57. The molecule has 33 heavy (non-hydrogen) atoms. The first-order valence-corrected chi connectivity index (χ1v) is 12.9. The van der Waals surface area contributed by atoms with Crippen LogP contribution >= 0.6 is 15.9 Å². The van der Waals surface area contributed by atoms with E-state index in [1.807, 2.05) is 19.0 Å². The molecule has 1 aliphatic rings. The molecule has 0 aliphatic heterocycles. The number of amides is 1. The van der Waals surface area contributed by atoms with Gasteiger partial charge in [-0.25, -0.2) is 17.2 Å². The Labute approximate surface area is 201 Å². The highest BCUT2D eigenvalue weighted by atomic mass is 79.9. The van der Waals surface area contributed by atoms with Crippen LogP contribution in [0.25, 0.3) is 0 Å². The summed E-state index contributed by atoms with van der Waals surface area (Å²) in [5.74, 6) is 0.0394. The summed E-state index contributed by atoms with van der Waals surface area (Å²) in [5, 5.41) is 2.49.